The highest BCUT2D eigenvalue weighted by Gasteiger charge is 2.10. The minimum Gasteiger partial charge on any atom is -0.385 e. The number of nitrogens with one attached hydrogen (secondary N) is 2. The lowest BCUT2D eigenvalue weighted by Gasteiger charge is -2.08. The Morgan fingerprint density at radius 2 is 1.14 bits per heavy atom. The van der Waals surface area contributed by atoms with Crippen LogP contribution in [0.2, 0.25) is 0 Å². The van der Waals surface area contributed by atoms with E-state index >= 15 is 0 Å². The van der Waals surface area contributed by atoms with Crippen LogP contribution in [0.3, 0.4) is 0 Å². The molecule has 2 aromatic heterocycles. The first kappa shape index (κ1) is 23.7. The average Bonchev–Trinajstić information content (AvgIpc) is 3.20. The first-order valence-electron chi connectivity index (χ1n) is 11.5. The molecular weight excluding hydrogens is 438 g/mol. The van der Waals surface area contributed by atoms with Crippen LogP contribution in [0.5, 0.6) is 0 Å². The number of hydrogen-bond acceptors (Lipinski definition) is 6. The maximum Gasteiger partial charge on any atom is 0.421 e. The first-order valence-corrected chi connectivity index (χ1v) is 11.5. The number of nitrogens with zero attached hydrogens (tertiary/aromatic N) is 7. The molecule has 35 heavy (non-hydrogen) atoms. The summed E-state index contributed by atoms with van der Waals surface area (Å²) in [5.41, 5.74) is 4.61. The summed E-state index contributed by atoms with van der Waals surface area (Å²) in [6.45, 7) is 1.74. The van der Waals surface area contributed by atoms with E-state index in [0.717, 1.165) is 53.9 Å². The van der Waals surface area contributed by atoms with Crippen molar-refractivity contribution in [3.63, 3.8) is 0 Å². The lowest BCUT2D eigenvalue weighted by Crippen LogP contribution is -2.25. The molecule has 0 bridgehead atoms. The molecule has 2 aromatic carbocycles. The molecule has 4 rings (SSSR count). The van der Waals surface area contributed by atoms with Gasteiger partial charge in [0.1, 0.15) is 12.7 Å². The summed E-state index contributed by atoms with van der Waals surface area (Å²) in [5, 5.41) is 24.1. The Bertz CT molecular complexity index is 1250. The van der Waals surface area contributed by atoms with Crippen LogP contribution in [0.1, 0.15) is 6.42 Å². The molecule has 0 unspecified atom stereocenters. The van der Waals surface area contributed by atoms with Gasteiger partial charge >= 0.3 is 5.95 Å². The van der Waals surface area contributed by atoms with Crippen LogP contribution in [0, 0.1) is 0 Å². The van der Waals surface area contributed by atoms with Gasteiger partial charge in [0.05, 0.1) is 37.9 Å². The molecule has 178 valence electrons. The van der Waals surface area contributed by atoms with E-state index in [1.165, 1.54) is 0 Å². The highest BCUT2D eigenvalue weighted by molar-refractivity contribution is 5.52. The number of azo groups is 2. The Labute approximate surface area is 205 Å². The van der Waals surface area contributed by atoms with Crippen molar-refractivity contribution in [2.24, 2.45) is 41.6 Å². The van der Waals surface area contributed by atoms with Gasteiger partial charge in [-0.2, -0.15) is 10.2 Å². The lowest BCUT2D eigenvalue weighted by molar-refractivity contribution is -0.671. The molecule has 9 nitrogen and oxygen atoms in total. The van der Waals surface area contributed by atoms with Crippen LogP contribution in [0.4, 0.5) is 34.4 Å². The normalized spacial score (nSPS) is 11.4. The summed E-state index contributed by atoms with van der Waals surface area (Å²) in [7, 11) is 5.87. The van der Waals surface area contributed by atoms with Gasteiger partial charge < -0.3 is 10.6 Å². The monoisotopic (exact) mass is 469 g/mol. The first-order chi connectivity index (χ1) is 17.1. The van der Waals surface area contributed by atoms with Gasteiger partial charge in [-0.1, -0.05) is 5.11 Å². The number of aryl methyl sites for hydroxylation is 3. The molecule has 0 saturated carbocycles. The minimum absolute atomic E-state index is 0.792. The van der Waals surface area contributed by atoms with Gasteiger partial charge in [0.2, 0.25) is 0 Å². The van der Waals surface area contributed by atoms with Crippen LogP contribution in [0.25, 0.3) is 0 Å². The van der Waals surface area contributed by atoms with Crippen LogP contribution < -0.4 is 19.8 Å². The zero-order valence-electron chi connectivity index (χ0n) is 20.3. The fraction of sp³-hybridized carbons (Fsp3) is 0.231. The lowest BCUT2D eigenvalue weighted by atomic mass is 10.2. The molecule has 2 heterocycles. The third-order valence-corrected chi connectivity index (χ3v) is 5.39. The van der Waals surface area contributed by atoms with E-state index in [1.807, 2.05) is 120 Å². The number of aromatic nitrogens is 3. The fourth-order valence-corrected chi connectivity index (χ4v) is 3.35. The van der Waals surface area contributed by atoms with Crippen molar-refractivity contribution in [2.75, 3.05) is 23.7 Å². The fourth-order valence-electron chi connectivity index (χ4n) is 3.35. The van der Waals surface area contributed by atoms with Crippen molar-refractivity contribution < 1.29 is 9.13 Å². The van der Waals surface area contributed by atoms with Crippen molar-refractivity contribution in [1.29, 1.82) is 0 Å². The zero-order chi connectivity index (χ0) is 24.5. The number of pyridine rings is 1. The molecule has 0 aliphatic rings. The van der Waals surface area contributed by atoms with Crippen molar-refractivity contribution in [2.45, 2.75) is 6.42 Å². The van der Waals surface area contributed by atoms with E-state index < -0.39 is 0 Å². The molecule has 0 atom stereocenters. The van der Waals surface area contributed by atoms with E-state index in [9.17, 15) is 0 Å². The van der Waals surface area contributed by atoms with E-state index in [0.29, 0.717) is 0 Å². The molecule has 0 radical (unpaired) electrons. The molecule has 9 heteroatoms. The van der Waals surface area contributed by atoms with Gasteiger partial charge in [-0.25, -0.2) is 13.7 Å². The highest BCUT2D eigenvalue weighted by atomic mass is 15.3. The van der Waals surface area contributed by atoms with E-state index in [2.05, 4.69) is 31.1 Å². The van der Waals surface area contributed by atoms with Gasteiger partial charge in [-0.15, -0.1) is 0 Å². The topological polar surface area (TPSA) is 86.2 Å². The predicted octanol–water partition coefficient (Wildman–Crippen LogP) is 5.42. The Morgan fingerprint density at radius 1 is 0.657 bits per heavy atom. The molecule has 0 amide bonds. The Morgan fingerprint density at radius 3 is 1.63 bits per heavy atom. The number of imidazole rings is 1. The Kier molecular flexibility index (Phi) is 7.90. The van der Waals surface area contributed by atoms with Crippen molar-refractivity contribution in [1.82, 2.24) is 4.57 Å². The van der Waals surface area contributed by atoms with Crippen molar-refractivity contribution >= 4 is 34.4 Å². The second-order valence-electron chi connectivity index (χ2n) is 8.24. The summed E-state index contributed by atoms with van der Waals surface area (Å²) in [6, 6.07) is 19.8. The van der Waals surface area contributed by atoms with Crippen molar-refractivity contribution in [3.8, 4) is 0 Å². The maximum absolute atomic E-state index is 4.32. The Balaban J connectivity index is 1.16. The third kappa shape index (κ3) is 7.04. The van der Waals surface area contributed by atoms with E-state index in [-0.39, 0.29) is 0 Å². The van der Waals surface area contributed by atoms with Gasteiger partial charge in [0, 0.05) is 41.7 Å². The average molecular weight is 470 g/mol. The summed E-state index contributed by atoms with van der Waals surface area (Å²) in [5.74, 6) is 0.792. The van der Waals surface area contributed by atoms with Crippen LogP contribution in [0.15, 0.2) is 106 Å². The molecule has 0 fully saturated rings. The van der Waals surface area contributed by atoms with Gasteiger partial charge in [0.25, 0.3) is 0 Å². The summed E-state index contributed by atoms with van der Waals surface area (Å²) >= 11 is 0. The van der Waals surface area contributed by atoms with E-state index in [1.54, 1.807) is 0 Å². The van der Waals surface area contributed by atoms with E-state index in [4.69, 9.17) is 0 Å². The summed E-state index contributed by atoms with van der Waals surface area (Å²) < 4.78 is 5.82. The smallest absolute Gasteiger partial charge is 0.385 e. The summed E-state index contributed by atoms with van der Waals surface area (Å²) in [4.78, 5) is 0. The maximum atomic E-state index is 4.32. The number of hydrogen-bond donors (Lipinski definition) is 2. The molecule has 4 aromatic rings. The number of anilines is 2. The second-order valence-corrected chi connectivity index (χ2v) is 8.24. The molecule has 0 aliphatic heterocycles. The largest absolute Gasteiger partial charge is 0.421 e. The predicted molar refractivity (Wildman–Crippen MR) is 137 cm³/mol. The van der Waals surface area contributed by atoms with Crippen LogP contribution in [-0.2, 0) is 21.1 Å². The molecule has 0 saturated heterocycles. The quantitative estimate of drug-likeness (QED) is 0.185. The second kappa shape index (κ2) is 11.6. The number of rotatable bonds is 10. The van der Waals surface area contributed by atoms with Gasteiger partial charge in [-0.3, -0.25) is 0 Å². The summed E-state index contributed by atoms with van der Waals surface area (Å²) in [6.07, 6.45) is 8.78. The van der Waals surface area contributed by atoms with Gasteiger partial charge in [-0.05, 0) is 55.0 Å². The molecule has 0 aliphatic carbocycles. The molecule has 2 N–H and O–H groups in total. The Hall–Kier alpha value is -4.40. The molecule has 0 spiro atoms. The molecular formula is C26H31N9+2. The van der Waals surface area contributed by atoms with Crippen molar-refractivity contribution in [3.05, 3.63) is 85.5 Å². The SMILES string of the molecule is Cn1cc[n+](C)c1N=Nc1ccc(NCCCNc2ccc(N=Nc3cc[n+](C)cc3)cc2)cc1. The third-order valence-electron chi connectivity index (χ3n) is 5.39. The highest BCUT2D eigenvalue weighted by Crippen LogP contribution is 2.20. The standard InChI is InChI=1S/C26H29N9/c1-33-17-13-25(14-18-33)30-29-23-9-5-21(6-10-23)27-15-4-16-28-22-7-11-24(12-8-22)31-32-26-34(2)19-20-35(26)3/h5-14,17-20H,4,15-16H2,1-3H3/p+2. The van der Waals surface area contributed by atoms with Crippen LogP contribution in [-0.4, -0.2) is 17.7 Å². The zero-order valence-corrected chi connectivity index (χ0v) is 20.3. The van der Waals surface area contributed by atoms with Gasteiger partial charge in [0.15, 0.2) is 12.4 Å². The minimum atomic E-state index is 0.792. The van der Waals surface area contributed by atoms with Crippen LogP contribution >= 0.6 is 0 Å². The number of benzene rings is 2.